The highest BCUT2D eigenvalue weighted by Gasteiger charge is 2.39. The molecule has 9 aliphatic heterocycles. The van der Waals surface area contributed by atoms with Crippen LogP contribution in [0.15, 0.2) is 128 Å². The molecule has 2 unspecified atom stereocenters. The molecule has 19 rings (SSSR count). The van der Waals surface area contributed by atoms with E-state index in [1.807, 2.05) is 43.4 Å². The summed E-state index contributed by atoms with van der Waals surface area (Å²) >= 11 is 0. The maximum Gasteiger partial charge on any atom is 0.125 e. The highest BCUT2D eigenvalue weighted by molar-refractivity contribution is 5.51. The van der Waals surface area contributed by atoms with E-state index in [1.165, 1.54) is 111 Å². The molecule has 786 valence electrons. The molecule has 25 nitrogen and oxygen atoms in total. The Morgan fingerprint density at radius 2 is 0.458 bits per heavy atom. The minimum atomic E-state index is -0.641. The summed E-state index contributed by atoms with van der Waals surface area (Å²) in [4.78, 5) is 52.7. The quantitative estimate of drug-likeness (QED) is 0.0396. The summed E-state index contributed by atoms with van der Waals surface area (Å²) in [6, 6.07) is 30.2. The standard InChI is InChI=1S/3C17H26N2O.2C16H24FN3O.2C16H26N2O2/c3*1-13(2)17-8-6-15(11-18-17)19-9-10-20-16(12-19)7-5-14-3-4-14;2*1-12(2)16-4-3-14(7-18-16)20-5-6-21-15(11-20)10-19-8-13(17)9-19;2*1-12(2)14-7-6-13(10-17-14)18-8-9-20-15(11-18)16(3,4)19-5/h3*6,8,11,13-14,16H,3-5,7,9-10,12H2,1-2H3;2*3-4,7,12-13,15H,5-6,8-11H2,1-2H3;2*6-7,10,12,15H,8-9,11H2,1-5H3/t2*16-;;3*15-;/m10.101./s1. The number of pyridine rings is 7. The second kappa shape index (κ2) is 54.7. The summed E-state index contributed by atoms with van der Waals surface area (Å²) in [6.07, 6.45) is 30.7. The smallest absolute Gasteiger partial charge is 0.125 e. The van der Waals surface area contributed by atoms with Crippen molar-refractivity contribution >= 4 is 39.8 Å². The molecule has 3 saturated carbocycles. The Morgan fingerprint density at radius 3 is 0.634 bits per heavy atom. The minimum Gasteiger partial charge on any atom is -0.376 e. The predicted octanol–water partition coefficient (Wildman–Crippen LogP) is 20.6. The van der Waals surface area contributed by atoms with E-state index in [1.54, 1.807) is 14.2 Å². The minimum absolute atomic E-state index is 0.0750. The lowest BCUT2D eigenvalue weighted by molar-refractivity contribution is -0.113. The number of anilines is 7. The van der Waals surface area contributed by atoms with Crippen LogP contribution in [0.2, 0.25) is 0 Å². The number of rotatable bonds is 31. The van der Waals surface area contributed by atoms with Gasteiger partial charge in [0.25, 0.3) is 0 Å². The van der Waals surface area contributed by atoms with Gasteiger partial charge in [0.05, 0.1) is 171 Å². The summed E-state index contributed by atoms with van der Waals surface area (Å²) in [7, 11) is 3.47. The number of likely N-dealkylation sites (tertiary alicyclic amines) is 2. The monoisotopic (exact) mass is 1970 g/mol. The second-order valence-electron chi connectivity index (χ2n) is 44.8. The first-order chi connectivity index (χ1) is 68.3. The van der Waals surface area contributed by atoms with Gasteiger partial charge in [0.1, 0.15) is 24.6 Å². The third-order valence-electron chi connectivity index (χ3n) is 30.1. The van der Waals surface area contributed by atoms with Crippen molar-refractivity contribution in [1.82, 2.24) is 44.7 Å². The van der Waals surface area contributed by atoms with Gasteiger partial charge in [-0.1, -0.05) is 135 Å². The topological polar surface area (TPSA) is 202 Å². The van der Waals surface area contributed by atoms with Gasteiger partial charge in [-0.05, 0) is 210 Å². The van der Waals surface area contributed by atoms with Crippen molar-refractivity contribution < 1.29 is 51.4 Å². The van der Waals surface area contributed by atoms with Gasteiger partial charge in [-0.3, -0.25) is 44.7 Å². The largest absolute Gasteiger partial charge is 0.376 e. The van der Waals surface area contributed by atoms with Crippen LogP contribution in [0.5, 0.6) is 0 Å². The predicted molar refractivity (Wildman–Crippen MR) is 573 cm³/mol. The Labute approximate surface area is 852 Å². The Kier molecular flexibility index (Phi) is 42.8. The molecule has 9 saturated heterocycles. The fourth-order valence-electron chi connectivity index (χ4n) is 19.2. The molecule has 0 radical (unpaired) electrons. The first kappa shape index (κ1) is 111. The van der Waals surface area contributed by atoms with E-state index < -0.39 is 12.3 Å². The highest BCUT2D eigenvalue weighted by Crippen LogP contribution is 2.39. The van der Waals surface area contributed by atoms with Gasteiger partial charge in [-0.15, -0.1) is 0 Å². The lowest BCUT2D eigenvalue weighted by Gasteiger charge is -2.41. The molecular formula is C115H178F2N16O9. The summed E-state index contributed by atoms with van der Waals surface area (Å²) < 4.78 is 77.9. The van der Waals surface area contributed by atoms with Crippen LogP contribution in [-0.4, -0.2) is 302 Å². The van der Waals surface area contributed by atoms with E-state index in [0.29, 0.717) is 85.9 Å². The molecule has 142 heavy (non-hydrogen) atoms. The molecule has 3 aliphatic carbocycles. The number of methoxy groups -OCH3 is 2. The van der Waals surface area contributed by atoms with Gasteiger partial charge in [0.15, 0.2) is 0 Å². The average Bonchev–Trinajstić information content (AvgIpc) is 1.00. The number of aromatic nitrogens is 7. The molecule has 27 heteroatoms. The van der Waals surface area contributed by atoms with Crippen LogP contribution in [0.25, 0.3) is 0 Å². The molecule has 7 aromatic heterocycles. The van der Waals surface area contributed by atoms with Crippen molar-refractivity contribution in [3.8, 4) is 0 Å². The summed E-state index contributed by atoms with van der Waals surface area (Å²) in [5, 5.41) is 0. The zero-order chi connectivity index (χ0) is 101. The zero-order valence-electron chi connectivity index (χ0n) is 90.3. The van der Waals surface area contributed by atoms with Crippen LogP contribution in [0, 0.1) is 17.8 Å². The van der Waals surface area contributed by atoms with Gasteiger partial charge >= 0.3 is 0 Å². The Balaban J connectivity index is 0.000000139. The Hall–Kier alpha value is -7.93. The van der Waals surface area contributed by atoms with Gasteiger partial charge in [0, 0.05) is 185 Å². The maximum absolute atomic E-state index is 12.9. The van der Waals surface area contributed by atoms with Crippen molar-refractivity contribution in [3.05, 3.63) is 168 Å². The van der Waals surface area contributed by atoms with Crippen LogP contribution < -0.4 is 34.3 Å². The molecule has 12 aliphatic rings. The van der Waals surface area contributed by atoms with Crippen molar-refractivity contribution in [1.29, 1.82) is 0 Å². The summed E-state index contributed by atoms with van der Waals surface area (Å²) in [6.45, 7) is 61.0. The zero-order valence-corrected chi connectivity index (χ0v) is 90.3. The number of hydrogen-bond acceptors (Lipinski definition) is 25. The number of nitrogens with zero attached hydrogens (tertiary/aromatic N) is 16. The lowest BCUT2D eigenvalue weighted by Crippen LogP contribution is -2.55. The van der Waals surface area contributed by atoms with Crippen LogP contribution in [0.1, 0.15) is 283 Å². The van der Waals surface area contributed by atoms with Crippen LogP contribution in [0.3, 0.4) is 0 Å². The molecule has 0 spiro atoms. The van der Waals surface area contributed by atoms with E-state index in [2.05, 4.69) is 289 Å². The first-order valence-electron chi connectivity index (χ1n) is 54.4. The van der Waals surface area contributed by atoms with E-state index in [0.717, 1.165) is 214 Å². The molecule has 0 aromatic carbocycles. The Bertz CT molecular complexity index is 4350. The van der Waals surface area contributed by atoms with Crippen molar-refractivity contribution in [2.45, 2.75) is 309 Å². The van der Waals surface area contributed by atoms with Crippen molar-refractivity contribution in [2.24, 2.45) is 17.8 Å². The summed E-state index contributed by atoms with van der Waals surface area (Å²) in [5.74, 6) is 6.35. The van der Waals surface area contributed by atoms with Crippen LogP contribution in [0.4, 0.5) is 48.6 Å². The number of hydrogen-bond donors (Lipinski definition) is 0. The van der Waals surface area contributed by atoms with Gasteiger partial charge in [-0.25, -0.2) is 8.78 Å². The molecule has 0 N–H and O–H groups in total. The summed E-state index contributed by atoms with van der Waals surface area (Å²) in [5.41, 5.74) is 15.9. The van der Waals surface area contributed by atoms with Crippen molar-refractivity contribution in [2.75, 3.05) is 226 Å². The fourth-order valence-corrected chi connectivity index (χ4v) is 19.2. The number of morpholine rings is 7. The molecule has 0 bridgehead atoms. The second-order valence-corrected chi connectivity index (χ2v) is 44.8. The number of halogens is 2. The SMILES string of the molecule is CC(C)c1ccc(N2CCOC(CCC3CC3)C2)cn1.CC(C)c1ccc(N2CCO[C@@H](CCC3CC3)C2)cn1.CC(C)c1ccc(N2CCO[C@@H](CN3CC(F)C3)C2)cn1.CC(C)c1ccc(N2CCO[C@H](CCC3CC3)C2)cn1.CC(C)c1ccc(N2CCO[C@H](CN3CC(F)C3)C2)cn1.COC(C)(C)C1CN(c2ccc(C(C)C)nc2)CCO1.COC(C)(C)[C@H]1CN(c2ccc(C(C)C)nc2)CCO1. The van der Waals surface area contributed by atoms with E-state index >= 15 is 0 Å². The number of alkyl halides is 2. The number of ether oxygens (including phenoxy) is 9. The molecule has 12 fully saturated rings. The molecule has 7 atom stereocenters. The highest BCUT2D eigenvalue weighted by atomic mass is 19.1. The average molecular weight is 1970 g/mol. The van der Waals surface area contributed by atoms with Gasteiger partial charge < -0.3 is 76.9 Å². The van der Waals surface area contributed by atoms with Crippen LogP contribution >= 0.6 is 0 Å². The van der Waals surface area contributed by atoms with E-state index in [9.17, 15) is 8.78 Å². The normalized spacial score (nSPS) is 22.9. The third kappa shape index (κ3) is 35.1. The molecular weight excluding hydrogens is 1790 g/mol. The van der Waals surface area contributed by atoms with E-state index in [4.69, 9.17) is 42.6 Å². The fraction of sp³-hybridized carbons (Fsp3) is 0.696. The van der Waals surface area contributed by atoms with Gasteiger partial charge in [-0.2, -0.15) is 0 Å². The van der Waals surface area contributed by atoms with E-state index in [-0.39, 0.29) is 35.6 Å². The molecule has 16 heterocycles. The maximum atomic E-state index is 12.9. The Morgan fingerprint density at radius 1 is 0.268 bits per heavy atom. The third-order valence-corrected chi connectivity index (χ3v) is 30.1. The lowest BCUT2D eigenvalue weighted by atomic mass is 9.99. The van der Waals surface area contributed by atoms with Crippen molar-refractivity contribution in [3.63, 3.8) is 0 Å². The molecule has 7 aromatic rings. The first-order valence-corrected chi connectivity index (χ1v) is 54.4. The van der Waals surface area contributed by atoms with Crippen LogP contribution in [-0.2, 0) is 42.6 Å². The molecule has 0 amide bonds. The van der Waals surface area contributed by atoms with Gasteiger partial charge in [0.2, 0.25) is 0 Å².